The molecule has 20 heavy (non-hydrogen) atoms. The second-order valence-electron chi connectivity index (χ2n) is 4.89. The van der Waals surface area contributed by atoms with Crippen LogP contribution in [0.2, 0.25) is 5.02 Å². The molecule has 0 aliphatic rings. The fourth-order valence-electron chi connectivity index (χ4n) is 2.53. The predicted octanol–water partition coefficient (Wildman–Crippen LogP) is 4.23. The van der Waals surface area contributed by atoms with Gasteiger partial charge in [0.05, 0.1) is 0 Å². The zero-order valence-electron chi connectivity index (χ0n) is 12.0. The average Bonchev–Trinajstić information content (AvgIpc) is 2.93. The molecule has 1 aromatic heterocycles. The molecule has 1 aromatic carbocycles. The van der Waals surface area contributed by atoms with Gasteiger partial charge in [-0.15, -0.1) is 11.3 Å². The Morgan fingerprint density at radius 3 is 2.70 bits per heavy atom. The third-order valence-electron chi connectivity index (χ3n) is 3.60. The highest BCUT2D eigenvalue weighted by Gasteiger charge is 2.20. The molecule has 2 aromatic rings. The van der Waals surface area contributed by atoms with Gasteiger partial charge < -0.3 is 5.73 Å². The molecule has 1 unspecified atom stereocenters. The highest BCUT2D eigenvalue weighted by Crippen LogP contribution is 2.27. The molecule has 0 fully saturated rings. The topological polar surface area (TPSA) is 29.3 Å². The van der Waals surface area contributed by atoms with Crippen molar-refractivity contribution < 1.29 is 0 Å². The van der Waals surface area contributed by atoms with Gasteiger partial charge in [0.1, 0.15) is 0 Å². The van der Waals surface area contributed by atoms with Crippen LogP contribution in [0.15, 0.2) is 35.7 Å². The molecule has 0 amide bonds. The summed E-state index contributed by atoms with van der Waals surface area (Å²) in [5.74, 6) is 0. The number of benzene rings is 1. The van der Waals surface area contributed by atoms with Gasteiger partial charge in [0.15, 0.2) is 0 Å². The maximum absolute atomic E-state index is 6.05. The van der Waals surface area contributed by atoms with Crippen LogP contribution in [0.25, 0.3) is 0 Å². The van der Waals surface area contributed by atoms with Gasteiger partial charge >= 0.3 is 0 Å². The Morgan fingerprint density at radius 1 is 1.35 bits per heavy atom. The van der Waals surface area contributed by atoms with E-state index in [4.69, 9.17) is 17.3 Å². The molecule has 0 aliphatic heterocycles. The monoisotopic (exact) mass is 308 g/mol. The van der Waals surface area contributed by atoms with Crippen molar-refractivity contribution in [2.75, 3.05) is 13.1 Å². The van der Waals surface area contributed by atoms with Crippen LogP contribution in [0, 0.1) is 6.92 Å². The third kappa shape index (κ3) is 3.61. The van der Waals surface area contributed by atoms with Crippen molar-refractivity contribution in [3.8, 4) is 0 Å². The van der Waals surface area contributed by atoms with E-state index in [9.17, 15) is 0 Å². The molecule has 4 heteroatoms. The number of nitrogens with zero attached hydrogens (tertiary/aromatic N) is 1. The van der Waals surface area contributed by atoms with E-state index < -0.39 is 0 Å². The summed E-state index contributed by atoms with van der Waals surface area (Å²) in [5.41, 5.74) is 8.53. The van der Waals surface area contributed by atoms with E-state index in [0.29, 0.717) is 6.54 Å². The molecule has 108 valence electrons. The Morgan fingerprint density at radius 2 is 2.15 bits per heavy atom. The van der Waals surface area contributed by atoms with Gasteiger partial charge in [0, 0.05) is 29.0 Å². The standard InChI is InChI=1S/C16H21ClN2S/c1-3-19(11-14-5-4-8-20-14)16(10-18)15-7-6-13(17)9-12(15)2/h4-9,16H,3,10-11,18H2,1-2H3. The van der Waals surface area contributed by atoms with Crippen LogP contribution in [0.5, 0.6) is 0 Å². The lowest BCUT2D eigenvalue weighted by Crippen LogP contribution is -2.33. The van der Waals surface area contributed by atoms with Crippen molar-refractivity contribution in [2.24, 2.45) is 5.73 Å². The summed E-state index contributed by atoms with van der Waals surface area (Å²) in [5, 5.41) is 2.90. The van der Waals surface area contributed by atoms with Crippen LogP contribution in [0.1, 0.15) is 29.0 Å². The quantitative estimate of drug-likeness (QED) is 0.865. The summed E-state index contributed by atoms with van der Waals surface area (Å²) in [6, 6.07) is 10.6. The van der Waals surface area contributed by atoms with Crippen molar-refractivity contribution in [1.82, 2.24) is 4.90 Å². The molecule has 2 N–H and O–H groups in total. The van der Waals surface area contributed by atoms with Gasteiger partial charge in [-0.25, -0.2) is 0 Å². The van der Waals surface area contributed by atoms with Gasteiger partial charge in [-0.2, -0.15) is 0 Å². The number of aryl methyl sites for hydroxylation is 1. The van der Waals surface area contributed by atoms with E-state index in [2.05, 4.69) is 42.3 Å². The average molecular weight is 309 g/mol. The molecule has 0 radical (unpaired) electrons. The van der Waals surface area contributed by atoms with Gasteiger partial charge in [0.25, 0.3) is 0 Å². The fourth-order valence-corrected chi connectivity index (χ4v) is 3.49. The van der Waals surface area contributed by atoms with E-state index in [-0.39, 0.29) is 6.04 Å². The van der Waals surface area contributed by atoms with Crippen molar-refractivity contribution >= 4 is 22.9 Å². The predicted molar refractivity (Wildman–Crippen MR) is 88.4 cm³/mol. The zero-order valence-corrected chi connectivity index (χ0v) is 13.5. The van der Waals surface area contributed by atoms with Crippen LogP contribution < -0.4 is 5.73 Å². The molecule has 0 aliphatic carbocycles. The third-order valence-corrected chi connectivity index (χ3v) is 4.70. The van der Waals surface area contributed by atoms with Crippen LogP contribution in [0.4, 0.5) is 0 Å². The molecular weight excluding hydrogens is 288 g/mol. The van der Waals surface area contributed by atoms with E-state index in [1.165, 1.54) is 16.0 Å². The fraction of sp³-hybridized carbons (Fsp3) is 0.375. The van der Waals surface area contributed by atoms with E-state index >= 15 is 0 Å². The van der Waals surface area contributed by atoms with Crippen molar-refractivity contribution in [3.63, 3.8) is 0 Å². The Bertz CT molecular complexity index is 539. The largest absolute Gasteiger partial charge is 0.329 e. The number of thiophene rings is 1. The number of halogens is 1. The van der Waals surface area contributed by atoms with Crippen molar-refractivity contribution in [3.05, 3.63) is 56.7 Å². The lowest BCUT2D eigenvalue weighted by atomic mass is 10.00. The number of nitrogens with two attached hydrogens (primary N) is 1. The summed E-state index contributed by atoms with van der Waals surface area (Å²) in [6.07, 6.45) is 0. The van der Waals surface area contributed by atoms with E-state index in [1.807, 2.05) is 12.1 Å². The molecule has 0 saturated carbocycles. The molecule has 0 spiro atoms. The highest BCUT2D eigenvalue weighted by atomic mass is 35.5. The SMILES string of the molecule is CCN(Cc1cccs1)C(CN)c1ccc(Cl)cc1C. The first-order valence-corrected chi connectivity index (χ1v) is 8.14. The first-order valence-electron chi connectivity index (χ1n) is 6.88. The Hall–Kier alpha value is -0.870. The van der Waals surface area contributed by atoms with Gasteiger partial charge in [-0.3, -0.25) is 4.90 Å². The van der Waals surface area contributed by atoms with Crippen LogP contribution in [-0.4, -0.2) is 18.0 Å². The van der Waals surface area contributed by atoms with Gasteiger partial charge in [-0.1, -0.05) is 30.7 Å². The minimum absolute atomic E-state index is 0.236. The summed E-state index contributed by atoms with van der Waals surface area (Å²) >= 11 is 7.84. The number of likely N-dealkylation sites (N-methyl/N-ethyl adjacent to an activating group) is 1. The van der Waals surface area contributed by atoms with E-state index in [1.54, 1.807) is 11.3 Å². The molecule has 1 atom stereocenters. The zero-order chi connectivity index (χ0) is 14.5. The van der Waals surface area contributed by atoms with Crippen molar-refractivity contribution in [1.29, 1.82) is 0 Å². The molecule has 0 saturated heterocycles. The smallest absolute Gasteiger partial charge is 0.0476 e. The molecule has 0 bridgehead atoms. The number of rotatable bonds is 6. The van der Waals surface area contributed by atoms with E-state index in [0.717, 1.165) is 18.1 Å². The lowest BCUT2D eigenvalue weighted by molar-refractivity contribution is 0.204. The second kappa shape index (κ2) is 7.23. The van der Waals surface area contributed by atoms with Gasteiger partial charge in [-0.05, 0) is 48.2 Å². The molecule has 1 heterocycles. The second-order valence-corrected chi connectivity index (χ2v) is 6.36. The Labute approximate surface area is 130 Å². The first-order chi connectivity index (χ1) is 9.65. The Balaban J connectivity index is 2.24. The maximum Gasteiger partial charge on any atom is 0.0476 e. The summed E-state index contributed by atoms with van der Waals surface area (Å²) < 4.78 is 0. The van der Waals surface area contributed by atoms with Gasteiger partial charge in [0.2, 0.25) is 0 Å². The lowest BCUT2D eigenvalue weighted by Gasteiger charge is -2.31. The summed E-state index contributed by atoms with van der Waals surface area (Å²) in [6.45, 7) is 6.81. The molecule has 2 nitrogen and oxygen atoms in total. The highest BCUT2D eigenvalue weighted by molar-refractivity contribution is 7.09. The van der Waals surface area contributed by atoms with Crippen LogP contribution in [-0.2, 0) is 6.54 Å². The van der Waals surface area contributed by atoms with Crippen molar-refractivity contribution in [2.45, 2.75) is 26.4 Å². The molecule has 2 rings (SSSR count). The summed E-state index contributed by atoms with van der Waals surface area (Å²) in [4.78, 5) is 3.79. The minimum atomic E-state index is 0.236. The number of hydrogen-bond donors (Lipinski definition) is 1. The van der Waals surface area contributed by atoms with Crippen LogP contribution in [0.3, 0.4) is 0 Å². The maximum atomic E-state index is 6.05. The van der Waals surface area contributed by atoms with Crippen LogP contribution >= 0.6 is 22.9 Å². The summed E-state index contributed by atoms with van der Waals surface area (Å²) in [7, 11) is 0. The Kier molecular flexibility index (Phi) is 5.61. The number of hydrogen-bond acceptors (Lipinski definition) is 3. The first kappa shape index (κ1) is 15.5. The molecular formula is C16H21ClN2S. The normalized spacial score (nSPS) is 12.8. The minimum Gasteiger partial charge on any atom is -0.329 e.